The number of amidine groups is 1. The van der Waals surface area contributed by atoms with Crippen LogP contribution in [0.1, 0.15) is 45.9 Å². The second kappa shape index (κ2) is 5.84. The van der Waals surface area contributed by atoms with Crippen molar-refractivity contribution in [2.75, 3.05) is 0 Å². The van der Waals surface area contributed by atoms with E-state index in [2.05, 4.69) is 16.5 Å². The Hall–Kier alpha value is -1.32. The van der Waals surface area contributed by atoms with E-state index in [1.807, 2.05) is 26.2 Å². The van der Waals surface area contributed by atoms with Crippen molar-refractivity contribution in [3.63, 3.8) is 0 Å². The van der Waals surface area contributed by atoms with Gasteiger partial charge in [-0.2, -0.15) is 0 Å². The molecule has 0 aliphatic rings. The van der Waals surface area contributed by atoms with Gasteiger partial charge in [-0.1, -0.05) is 27.2 Å². The predicted octanol–water partition coefficient (Wildman–Crippen LogP) is 2.58. The van der Waals surface area contributed by atoms with E-state index in [1.54, 1.807) is 0 Å². The number of imidazole rings is 1. The molecule has 0 saturated carbocycles. The molecule has 1 rings (SSSR count). The Morgan fingerprint density at radius 3 is 2.76 bits per heavy atom. The Kier molecular flexibility index (Phi) is 4.73. The zero-order valence-corrected chi connectivity index (χ0v) is 11.2. The lowest BCUT2D eigenvalue weighted by molar-refractivity contribution is 0.428. The first-order valence-corrected chi connectivity index (χ1v) is 6.32. The molecule has 17 heavy (non-hydrogen) atoms. The average molecular weight is 236 g/mol. The number of aromatic nitrogens is 2. The molecule has 4 heteroatoms. The Morgan fingerprint density at radius 1 is 1.47 bits per heavy atom. The number of hydrogen-bond donors (Lipinski definition) is 2. The van der Waals surface area contributed by atoms with Crippen LogP contribution in [0.5, 0.6) is 0 Å². The third kappa shape index (κ3) is 3.88. The number of nitrogens with one attached hydrogen (secondary N) is 1. The summed E-state index contributed by atoms with van der Waals surface area (Å²) in [7, 11) is 0. The number of aryl methyl sites for hydroxylation is 2. The summed E-state index contributed by atoms with van der Waals surface area (Å²) in [5, 5.41) is 7.50. The van der Waals surface area contributed by atoms with Gasteiger partial charge in [0.2, 0.25) is 0 Å². The van der Waals surface area contributed by atoms with Crippen LogP contribution < -0.4 is 5.73 Å². The summed E-state index contributed by atoms with van der Waals surface area (Å²) >= 11 is 0. The summed E-state index contributed by atoms with van der Waals surface area (Å²) in [6, 6.07) is 0. The predicted molar refractivity (Wildman–Crippen MR) is 71.2 cm³/mol. The van der Waals surface area contributed by atoms with E-state index in [4.69, 9.17) is 11.1 Å². The van der Waals surface area contributed by atoms with Crippen LogP contribution in [0.3, 0.4) is 0 Å². The van der Waals surface area contributed by atoms with Gasteiger partial charge in [-0.3, -0.25) is 5.41 Å². The zero-order valence-electron chi connectivity index (χ0n) is 11.2. The maximum atomic E-state index is 7.50. The van der Waals surface area contributed by atoms with Crippen molar-refractivity contribution in [1.82, 2.24) is 9.55 Å². The minimum atomic E-state index is -0.164. The highest BCUT2D eigenvalue weighted by atomic mass is 15.1. The van der Waals surface area contributed by atoms with E-state index < -0.39 is 0 Å². The maximum Gasteiger partial charge on any atom is 0.108 e. The topological polar surface area (TPSA) is 67.7 Å². The number of unbranched alkanes of at least 4 members (excludes halogenated alkanes) is 1. The molecule has 0 aliphatic heterocycles. The average Bonchev–Trinajstić information content (AvgIpc) is 2.71. The molecule has 0 radical (unpaired) electrons. The van der Waals surface area contributed by atoms with Crippen LogP contribution in [0.25, 0.3) is 0 Å². The van der Waals surface area contributed by atoms with E-state index in [9.17, 15) is 0 Å². The number of nitrogens with two attached hydrogens (primary N) is 1. The van der Waals surface area contributed by atoms with Gasteiger partial charge in [0.15, 0.2) is 0 Å². The van der Waals surface area contributed by atoms with Crippen molar-refractivity contribution in [3.8, 4) is 0 Å². The second-order valence-corrected chi connectivity index (χ2v) is 5.15. The molecule has 0 aromatic carbocycles. The molecule has 1 aromatic rings. The van der Waals surface area contributed by atoms with Crippen LogP contribution in [0.15, 0.2) is 12.4 Å². The third-order valence-corrected chi connectivity index (χ3v) is 3.30. The minimum Gasteiger partial charge on any atom is -0.387 e. The number of nitrogens with zero attached hydrogens (tertiary/aromatic N) is 2. The lowest BCUT2D eigenvalue weighted by Gasteiger charge is -2.22. The van der Waals surface area contributed by atoms with Crippen molar-refractivity contribution < 1.29 is 0 Å². The normalized spacial score (nSPS) is 11.7. The summed E-state index contributed by atoms with van der Waals surface area (Å²) in [6.45, 7) is 7.20. The fourth-order valence-electron chi connectivity index (χ4n) is 1.84. The van der Waals surface area contributed by atoms with Gasteiger partial charge in [0.05, 0.1) is 5.84 Å². The standard InChI is InChI=1S/C13H24N4/c1-4-11-16-8-10-17(11)9-6-5-7-13(2,3)12(14)15/h8,10H,4-7,9H2,1-3H3,(H3,14,15). The summed E-state index contributed by atoms with van der Waals surface area (Å²) in [5.41, 5.74) is 5.40. The van der Waals surface area contributed by atoms with Crippen molar-refractivity contribution in [3.05, 3.63) is 18.2 Å². The fraction of sp³-hybridized carbons (Fsp3) is 0.692. The monoisotopic (exact) mass is 236 g/mol. The molecule has 0 fully saturated rings. The molecule has 0 bridgehead atoms. The Balaban J connectivity index is 2.32. The summed E-state index contributed by atoms with van der Waals surface area (Å²) in [5.74, 6) is 1.44. The van der Waals surface area contributed by atoms with Gasteiger partial charge in [0.25, 0.3) is 0 Å². The molecule has 0 unspecified atom stereocenters. The highest BCUT2D eigenvalue weighted by Crippen LogP contribution is 2.22. The van der Waals surface area contributed by atoms with Crippen molar-refractivity contribution >= 4 is 5.84 Å². The lowest BCUT2D eigenvalue weighted by Crippen LogP contribution is -2.30. The van der Waals surface area contributed by atoms with Crippen LogP contribution >= 0.6 is 0 Å². The first-order valence-electron chi connectivity index (χ1n) is 6.32. The third-order valence-electron chi connectivity index (χ3n) is 3.30. The molecule has 3 N–H and O–H groups in total. The number of hydrogen-bond acceptors (Lipinski definition) is 2. The van der Waals surface area contributed by atoms with Crippen LogP contribution in [0.2, 0.25) is 0 Å². The van der Waals surface area contributed by atoms with Crippen molar-refractivity contribution in [1.29, 1.82) is 5.41 Å². The van der Waals surface area contributed by atoms with Crippen LogP contribution in [0.4, 0.5) is 0 Å². The molecule has 0 atom stereocenters. The van der Waals surface area contributed by atoms with Crippen molar-refractivity contribution in [2.24, 2.45) is 11.1 Å². The van der Waals surface area contributed by atoms with E-state index in [0.717, 1.165) is 38.1 Å². The molecule has 1 heterocycles. The SMILES string of the molecule is CCc1nccn1CCCCC(C)(C)C(=N)N. The zero-order chi connectivity index (χ0) is 12.9. The largest absolute Gasteiger partial charge is 0.387 e. The highest BCUT2D eigenvalue weighted by molar-refractivity contribution is 5.82. The summed E-state index contributed by atoms with van der Waals surface area (Å²) in [4.78, 5) is 4.30. The number of rotatable bonds is 7. The van der Waals surface area contributed by atoms with Gasteiger partial charge in [0.1, 0.15) is 5.82 Å². The molecule has 0 amide bonds. The molecule has 96 valence electrons. The van der Waals surface area contributed by atoms with Crippen LogP contribution in [-0.2, 0) is 13.0 Å². The highest BCUT2D eigenvalue weighted by Gasteiger charge is 2.20. The van der Waals surface area contributed by atoms with Gasteiger partial charge in [-0.05, 0) is 12.8 Å². The van der Waals surface area contributed by atoms with Crippen molar-refractivity contribution in [2.45, 2.75) is 53.0 Å². The van der Waals surface area contributed by atoms with Crippen LogP contribution in [0, 0.1) is 10.8 Å². The molecule has 1 aromatic heterocycles. The first kappa shape index (κ1) is 13.7. The quantitative estimate of drug-likeness (QED) is 0.434. The minimum absolute atomic E-state index is 0.164. The molecule has 4 nitrogen and oxygen atoms in total. The fourth-order valence-corrected chi connectivity index (χ4v) is 1.84. The Labute approximate surface area is 104 Å². The van der Waals surface area contributed by atoms with E-state index >= 15 is 0 Å². The maximum absolute atomic E-state index is 7.50. The summed E-state index contributed by atoms with van der Waals surface area (Å²) < 4.78 is 2.21. The molecule has 0 saturated heterocycles. The molecule has 0 spiro atoms. The molecular formula is C13H24N4. The molecule has 0 aliphatic carbocycles. The smallest absolute Gasteiger partial charge is 0.108 e. The van der Waals surface area contributed by atoms with E-state index in [0.29, 0.717) is 0 Å². The first-order chi connectivity index (χ1) is 7.97. The Bertz CT molecular complexity index is 365. The van der Waals surface area contributed by atoms with Gasteiger partial charge >= 0.3 is 0 Å². The van der Waals surface area contributed by atoms with Gasteiger partial charge in [0, 0.05) is 30.8 Å². The van der Waals surface area contributed by atoms with E-state index in [-0.39, 0.29) is 11.3 Å². The summed E-state index contributed by atoms with van der Waals surface area (Å²) in [6.07, 6.45) is 8.05. The van der Waals surface area contributed by atoms with E-state index in [1.165, 1.54) is 0 Å². The van der Waals surface area contributed by atoms with Crippen LogP contribution in [-0.4, -0.2) is 15.4 Å². The Morgan fingerprint density at radius 2 is 2.18 bits per heavy atom. The van der Waals surface area contributed by atoms with Gasteiger partial charge in [-0.25, -0.2) is 4.98 Å². The molecular weight excluding hydrogens is 212 g/mol. The second-order valence-electron chi connectivity index (χ2n) is 5.15. The lowest BCUT2D eigenvalue weighted by atomic mass is 9.86. The van der Waals surface area contributed by atoms with Gasteiger partial charge < -0.3 is 10.3 Å². The van der Waals surface area contributed by atoms with Gasteiger partial charge in [-0.15, -0.1) is 0 Å².